The monoisotopic (exact) mass is 253 g/mol. The van der Waals surface area contributed by atoms with Crippen LogP contribution in [0.15, 0.2) is 18.2 Å². The van der Waals surface area contributed by atoms with E-state index in [9.17, 15) is 0 Å². The largest absolute Gasteiger partial charge is 0.330 e. The molecule has 0 spiro atoms. The highest BCUT2D eigenvalue weighted by Crippen LogP contribution is 2.29. The molecule has 0 saturated heterocycles. The Morgan fingerprint density at radius 1 is 1.21 bits per heavy atom. The molecule has 0 heterocycles. The maximum Gasteiger partial charge on any atom is 0.0595 e. The molecule has 1 aromatic carbocycles. The quantitative estimate of drug-likeness (QED) is 0.856. The Labute approximate surface area is 101 Å². The molecule has 1 rings (SSSR count). The summed E-state index contributed by atoms with van der Waals surface area (Å²) in [5, 5.41) is 1.17. The van der Waals surface area contributed by atoms with E-state index in [0.717, 1.165) is 5.56 Å². The summed E-state index contributed by atoms with van der Waals surface area (Å²) in [6, 6.07) is 5.63. The number of hydrogen-bond donors (Lipinski definition) is 1. The molecular formula is C10H14Cl3N. The molecule has 0 aromatic heterocycles. The standard InChI is InChI=1S/C10H13Cl2N.ClH/c1-10(2,6-13)7-3-4-8(11)9(12)5-7;/h3-5H,6,13H2,1-2H3;1H. The van der Waals surface area contributed by atoms with E-state index in [-0.39, 0.29) is 17.8 Å². The second-order valence-electron chi connectivity index (χ2n) is 3.72. The maximum atomic E-state index is 5.90. The van der Waals surface area contributed by atoms with Gasteiger partial charge in [0, 0.05) is 12.0 Å². The van der Waals surface area contributed by atoms with Crippen LogP contribution in [0.5, 0.6) is 0 Å². The molecule has 2 N–H and O–H groups in total. The van der Waals surface area contributed by atoms with Crippen LogP contribution in [0.1, 0.15) is 19.4 Å². The van der Waals surface area contributed by atoms with Gasteiger partial charge in [-0.1, -0.05) is 43.1 Å². The van der Waals surface area contributed by atoms with Gasteiger partial charge in [0.25, 0.3) is 0 Å². The zero-order valence-electron chi connectivity index (χ0n) is 8.18. The van der Waals surface area contributed by atoms with Crippen LogP contribution < -0.4 is 5.73 Å². The molecule has 0 saturated carbocycles. The molecule has 0 aliphatic heterocycles. The van der Waals surface area contributed by atoms with Crippen molar-refractivity contribution in [2.24, 2.45) is 5.73 Å². The lowest BCUT2D eigenvalue weighted by molar-refractivity contribution is 0.539. The minimum atomic E-state index is -0.0474. The average molecular weight is 255 g/mol. The van der Waals surface area contributed by atoms with Crippen molar-refractivity contribution in [2.75, 3.05) is 6.54 Å². The topological polar surface area (TPSA) is 26.0 Å². The van der Waals surface area contributed by atoms with E-state index in [1.165, 1.54) is 0 Å². The molecule has 0 fully saturated rings. The molecule has 0 amide bonds. The minimum absolute atomic E-state index is 0. The van der Waals surface area contributed by atoms with Crippen LogP contribution in [0.3, 0.4) is 0 Å². The molecule has 0 bridgehead atoms. The van der Waals surface area contributed by atoms with Crippen molar-refractivity contribution in [3.8, 4) is 0 Å². The fourth-order valence-electron chi connectivity index (χ4n) is 1.03. The first-order valence-corrected chi connectivity index (χ1v) is 4.88. The van der Waals surface area contributed by atoms with Crippen LogP contribution in [-0.2, 0) is 5.41 Å². The van der Waals surface area contributed by atoms with Gasteiger partial charge in [0.15, 0.2) is 0 Å². The Morgan fingerprint density at radius 2 is 1.79 bits per heavy atom. The zero-order valence-corrected chi connectivity index (χ0v) is 10.5. The van der Waals surface area contributed by atoms with Crippen molar-refractivity contribution in [3.63, 3.8) is 0 Å². The Hall–Kier alpha value is 0.0500. The first-order valence-electron chi connectivity index (χ1n) is 4.13. The molecule has 1 nitrogen and oxygen atoms in total. The summed E-state index contributed by atoms with van der Waals surface area (Å²) in [4.78, 5) is 0. The van der Waals surface area contributed by atoms with Gasteiger partial charge < -0.3 is 5.73 Å². The van der Waals surface area contributed by atoms with Crippen LogP contribution in [-0.4, -0.2) is 6.54 Å². The van der Waals surface area contributed by atoms with E-state index in [2.05, 4.69) is 13.8 Å². The second-order valence-corrected chi connectivity index (χ2v) is 4.53. The summed E-state index contributed by atoms with van der Waals surface area (Å²) in [7, 11) is 0. The Kier molecular flexibility index (Phi) is 5.24. The van der Waals surface area contributed by atoms with Gasteiger partial charge in [-0.05, 0) is 17.7 Å². The third-order valence-corrected chi connectivity index (χ3v) is 2.95. The van der Waals surface area contributed by atoms with Crippen molar-refractivity contribution in [1.82, 2.24) is 0 Å². The second kappa shape index (κ2) is 5.22. The third-order valence-electron chi connectivity index (χ3n) is 2.21. The van der Waals surface area contributed by atoms with Gasteiger partial charge in [-0.3, -0.25) is 0 Å². The predicted molar refractivity (Wildman–Crippen MR) is 65.8 cm³/mol. The van der Waals surface area contributed by atoms with Gasteiger partial charge in [-0.2, -0.15) is 0 Å². The van der Waals surface area contributed by atoms with E-state index in [1.807, 2.05) is 12.1 Å². The van der Waals surface area contributed by atoms with E-state index in [1.54, 1.807) is 6.07 Å². The molecule has 4 heteroatoms. The van der Waals surface area contributed by atoms with Crippen molar-refractivity contribution in [2.45, 2.75) is 19.3 Å². The molecule has 14 heavy (non-hydrogen) atoms. The van der Waals surface area contributed by atoms with Crippen LogP contribution in [0, 0.1) is 0 Å². The average Bonchev–Trinajstić information content (AvgIpc) is 2.09. The molecular weight excluding hydrogens is 240 g/mol. The number of nitrogens with two attached hydrogens (primary N) is 1. The van der Waals surface area contributed by atoms with Crippen molar-refractivity contribution in [3.05, 3.63) is 33.8 Å². The molecule has 0 unspecified atom stereocenters. The van der Waals surface area contributed by atoms with Crippen LogP contribution >= 0.6 is 35.6 Å². The highest BCUT2D eigenvalue weighted by atomic mass is 35.5. The van der Waals surface area contributed by atoms with Gasteiger partial charge in [0.05, 0.1) is 10.0 Å². The fourth-order valence-corrected chi connectivity index (χ4v) is 1.33. The van der Waals surface area contributed by atoms with Gasteiger partial charge in [0.1, 0.15) is 0 Å². The van der Waals surface area contributed by atoms with E-state index in [0.29, 0.717) is 16.6 Å². The van der Waals surface area contributed by atoms with Crippen LogP contribution in [0.4, 0.5) is 0 Å². The van der Waals surface area contributed by atoms with Gasteiger partial charge in [-0.15, -0.1) is 12.4 Å². The SMILES string of the molecule is CC(C)(CN)c1ccc(Cl)c(Cl)c1.Cl. The normalized spacial score (nSPS) is 10.9. The van der Waals surface area contributed by atoms with Gasteiger partial charge in [-0.25, -0.2) is 0 Å². The van der Waals surface area contributed by atoms with Crippen molar-refractivity contribution >= 4 is 35.6 Å². The Morgan fingerprint density at radius 3 is 2.21 bits per heavy atom. The lowest BCUT2D eigenvalue weighted by atomic mass is 9.85. The van der Waals surface area contributed by atoms with E-state index < -0.39 is 0 Å². The Balaban J connectivity index is 0.00000169. The molecule has 80 valence electrons. The molecule has 1 aromatic rings. The van der Waals surface area contributed by atoms with Crippen molar-refractivity contribution in [1.29, 1.82) is 0 Å². The number of benzene rings is 1. The summed E-state index contributed by atoms with van der Waals surface area (Å²) < 4.78 is 0. The number of halogens is 3. The van der Waals surface area contributed by atoms with E-state index in [4.69, 9.17) is 28.9 Å². The zero-order chi connectivity index (χ0) is 10.1. The van der Waals surface area contributed by atoms with Crippen LogP contribution in [0.25, 0.3) is 0 Å². The predicted octanol–water partition coefficient (Wildman–Crippen LogP) is 3.65. The van der Waals surface area contributed by atoms with Gasteiger partial charge in [0.2, 0.25) is 0 Å². The summed E-state index contributed by atoms with van der Waals surface area (Å²) in [5.41, 5.74) is 6.72. The molecule has 0 atom stereocenters. The third kappa shape index (κ3) is 3.03. The summed E-state index contributed by atoms with van der Waals surface area (Å²) in [5.74, 6) is 0. The molecule has 0 radical (unpaired) electrons. The lowest BCUT2D eigenvalue weighted by Crippen LogP contribution is -2.27. The number of rotatable bonds is 2. The smallest absolute Gasteiger partial charge is 0.0595 e. The highest BCUT2D eigenvalue weighted by Gasteiger charge is 2.18. The van der Waals surface area contributed by atoms with Crippen LogP contribution in [0.2, 0.25) is 10.0 Å². The minimum Gasteiger partial charge on any atom is -0.330 e. The first-order chi connectivity index (χ1) is 5.97. The summed E-state index contributed by atoms with van der Waals surface area (Å²) in [6.45, 7) is 4.74. The first kappa shape index (κ1) is 14.1. The molecule has 0 aliphatic rings. The number of hydrogen-bond acceptors (Lipinski definition) is 1. The lowest BCUT2D eigenvalue weighted by Gasteiger charge is -2.23. The summed E-state index contributed by atoms with van der Waals surface area (Å²) in [6.07, 6.45) is 0. The fraction of sp³-hybridized carbons (Fsp3) is 0.400. The highest BCUT2D eigenvalue weighted by molar-refractivity contribution is 6.42. The molecule has 0 aliphatic carbocycles. The maximum absolute atomic E-state index is 5.90. The summed E-state index contributed by atoms with van der Waals surface area (Å²) >= 11 is 11.7. The van der Waals surface area contributed by atoms with Crippen molar-refractivity contribution < 1.29 is 0 Å². The Bertz CT molecular complexity index is 310. The van der Waals surface area contributed by atoms with Gasteiger partial charge >= 0.3 is 0 Å². The van der Waals surface area contributed by atoms with E-state index >= 15 is 0 Å².